The van der Waals surface area contributed by atoms with Crippen LogP contribution in [0, 0.1) is 13.8 Å². The van der Waals surface area contributed by atoms with E-state index in [1.54, 1.807) is 6.07 Å². The Bertz CT molecular complexity index is 832. The van der Waals surface area contributed by atoms with Gasteiger partial charge in [0.1, 0.15) is 0 Å². The quantitative estimate of drug-likeness (QED) is 0.900. The molecule has 5 heteroatoms. The first-order valence-corrected chi connectivity index (χ1v) is 9.11. The average Bonchev–Trinajstić information content (AvgIpc) is 2.94. The summed E-state index contributed by atoms with van der Waals surface area (Å²) >= 11 is 0. The molecule has 0 aliphatic carbocycles. The molecule has 3 rings (SSSR count). The maximum absolute atomic E-state index is 12.6. The Morgan fingerprint density at radius 3 is 2.81 bits per heavy atom. The fourth-order valence-electron chi connectivity index (χ4n) is 3.44. The number of nitrogens with zero attached hydrogens (tertiary/aromatic N) is 2. The second-order valence-electron chi connectivity index (χ2n) is 6.88. The first-order valence-electron chi connectivity index (χ1n) is 9.11. The number of rotatable bonds is 5. The van der Waals surface area contributed by atoms with Crippen LogP contribution in [0.15, 0.2) is 36.4 Å². The van der Waals surface area contributed by atoms with Crippen molar-refractivity contribution in [2.24, 2.45) is 0 Å². The predicted molar refractivity (Wildman–Crippen MR) is 102 cm³/mol. The van der Waals surface area contributed by atoms with Crippen molar-refractivity contribution >= 4 is 11.8 Å². The molecule has 5 nitrogen and oxygen atoms in total. The summed E-state index contributed by atoms with van der Waals surface area (Å²) in [6.07, 6.45) is 1.31. The molecule has 2 aromatic rings. The summed E-state index contributed by atoms with van der Waals surface area (Å²) in [6, 6.07) is 11.4. The Morgan fingerprint density at radius 1 is 1.27 bits per heavy atom. The summed E-state index contributed by atoms with van der Waals surface area (Å²) in [4.78, 5) is 30.9. The molecule has 1 aliphatic rings. The van der Waals surface area contributed by atoms with Crippen LogP contribution in [0.2, 0.25) is 0 Å². The highest BCUT2D eigenvalue weighted by Crippen LogP contribution is 2.23. The van der Waals surface area contributed by atoms with E-state index in [0.29, 0.717) is 18.5 Å². The van der Waals surface area contributed by atoms with E-state index in [0.717, 1.165) is 35.5 Å². The monoisotopic (exact) mass is 351 g/mol. The molecule has 0 spiro atoms. The van der Waals surface area contributed by atoms with Gasteiger partial charge in [0, 0.05) is 42.0 Å². The van der Waals surface area contributed by atoms with Crippen molar-refractivity contribution in [2.75, 3.05) is 13.1 Å². The van der Waals surface area contributed by atoms with E-state index in [2.05, 4.69) is 10.3 Å². The van der Waals surface area contributed by atoms with E-state index < -0.39 is 0 Å². The maximum atomic E-state index is 12.6. The van der Waals surface area contributed by atoms with Crippen LogP contribution in [0.1, 0.15) is 41.5 Å². The number of likely N-dealkylation sites (tertiary alicyclic amines) is 1. The topological polar surface area (TPSA) is 62.3 Å². The van der Waals surface area contributed by atoms with Gasteiger partial charge in [-0.25, -0.2) is 0 Å². The molecule has 0 unspecified atom stereocenters. The number of carbonyl (C=O) groups is 2. The summed E-state index contributed by atoms with van der Waals surface area (Å²) in [6.45, 7) is 7.33. The van der Waals surface area contributed by atoms with Crippen molar-refractivity contribution in [3.8, 4) is 11.1 Å². The lowest BCUT2D eigenvalue weighted by atomic mass is 10.0. The average molecular weight is 351 g/mol. The number of carbonyl (C=O) groups excluding carboxylic acids is 2. The van der Waals surface area contributed by atoms with Crippen LogP contribution in [-0.2, 0) is 4.79 Å². The van der Waals surface area contributed by atoms with Crippen LogP contribution in [0.4, 0.5) is 0 Å². The molecule has 1 aliphatic heterocycles. The number of benzene rings is 1. The Labute approximate surface area is 154 Å². The zero-order chi connectivity index (χ0) is 18.7. The van der Waals surface area contributed by atoms with E-state index in [1.807, 2.05) is 56.0 Å². The van der Waals surface area contributed by atoms with Crippen LogP contribution in [-0.4, -0.2) is 40.8 Å². The number of amides is 2. The van der Waals surface area contributed by atoms with Crippen LogP contribution >= 0.6 is 0 Å². The molecule has 2 amide bonds. The standard InChI is InChI=1S/C21H25N3O2/c1-4-10-24-13-18(12-20(24)25)23-21(26)17-7-5-6-16(11-17)19-9-8-14(2)22-15(19)3/h5-9,11,18H,4,10,12-13H2,1-3H3,(H,23,26)/t18-/m0/s1. The van der Waals surface area contributed by atoms with E-state index in [-0.39, 0.29) is 17.9 Å². The van der Waals surface area contributed by atoms with Gasteiger partial charge >= 0.3 is 0 Å². The van der Waals surface area contributed by atoms with Gasteiger partial charge in [0.25, 0.3) is 5.91 Å². The molecule has 26 heavy (non-hydrogen) atoms. The molecule has 0 bridgehead atoms. The number of pyridine rings is 1. The number of hydrogen-bond acceptors (Lipinski definition) is 3. The number of aromatic nitrogens is 1. The van der Waals surface area contributed by atoms with Crippen molar-refractivity contribution < 1.29 is 9.59 Å². The molecule has 136 valence electrons. The fourth-order valence-corrected chi connectivity index (χ4v) is 3.44. The molecule has 2 heterocycles. The van der Waals surface area contributed by atoms with E-state index in [4.69, 9.17) is 0 Å². The Morgan fingerprint density at radius 2 is 2.08 bits per heavy atom. The SMILES string of the molecule is CCCN1C[C@@H](NC(=O)c2cccc(-c3ccc(C)nc3C)c2)CC1=O. The van der Waals surface area contributed by atoms with Crippen molar-refractivity contribution in [1.82, 2.24) is 15.2 Å². The summed E-state index contributed by atoms with van der Waals surface area (Å²) in [5.41, 5.74) is 4.51. The zero-order valence-corrected chi connectivity index (χ0v) is 15.6. The summed E-state index contributed by atoms with van der Waals surface area (Å²) in [5, 5.41) is 3.00. The van der Waals surface area contributed by atoms with Crippen LogP contribution in [0.25, 0.3) is 11.1 Å². The van der Waals surface area contributed by atoms with E-state index >= 15 is 0 Å². The lowest BCUT2D eigenvalue weighted by Crippen LogP contribution is -2.37. The van der Waals surface area contributed by atoms with Gasteiger partial charge in [0.15, 0.2) is 0 Å². The van der Waals surface area contributed by atoms with E-state index in [1.165, 1.54) is 0 Å². The molecule has 1 fully saturated rings. The second kappa shape index (κ2) is 7.68. The van der Waals surface area contributed by atoms with Gasteiger partial charge in [0.05, 0.1) is 6.04 Å². The number of hydrogen-bond donors (Lipinski definition) is 1. The van der Waals surface area contributed by atoms with Gasteiger partial charge < -0.3 is 10.2 Å². The van der Waals surface area contributed by atoms with E-state index in [9.17, 15) is 9.59 Å². The molecule has 0 radical (unpaired) electrons. The largest absolute Gasteiger partial charge is 0.347 e. The van der Waals surface area contributed by atoms with Crippen LogP contribution in [0.3, 0.4) is 0 Å². The van der Waals surface area contributed by atoms with Crippen molar-refractivity contribution in [3.05, 3.63) is 53.3 Å². The van der Waals surface area contributed by atoms with Gasteiger partial charge in [-0.05, 0) is 44.0 Å². The van der Waals surface area contributed by atoms with Gasteiger partial charge in [-0.15, -0.1) is 0 Å². The van der Waals surface area contributed by atoms with Gasteiger partial charge in [-0.2, -0.15) is 0 Å². The molecule has 0 saturated carbocycles. The van der Waals surface area contributed by atoms with Crippen molar-refractivity contribution in [2.45, 2.75) is 39.7 Å². The molecule has 1 atom stereocenters. The molecule has 1 N–H and O–H groups in total. The lowest BCUT2D eigenvalue weighted by molar-refractivity contribution is -0.127. The highest BCUT2D eigenvalue weighted by molar-refractivity contribution is 5.96. The van der Waals surface area contributed by atoms with Gasteiger partial charge in [0.2, 0.25) is 5.91 Å². The van der Waals surface area contributed by atoms with Gasteiger partial charge in [-0.1, -0.05) is 25.1 Å². The number of nitrogens with one attached hydrogen (secondary N) is 1. The fraction of sp³-hybridized carbons (Fsp3) is 0.381. The minimum atomic E-state index is -0.138. The molecule has 1 aromatic heterocycles. The smallest absolute Gasteiger partial charge is 0.251 e. The zero-order valence-electron chi connectivity index (χ0n) is 15.6. The Balaban J connectivity index is 1.74. The third-order valence-corrected chi connectivity index (χ3v) is 4.70. The second-order valence-corrected chi connectivity index (χ2v) is 6.88. The first kappa shape index (κ1) is 18.1. The molecular formula is C21H25N3O2. The van der Waals surface area contributed by atoms with Gasteiger partial charge in [-0.3, -0.25) is 14.6 Å². The highest BCUT2D eigenvalue weighted by Gasteiger charge is 2.30. The van der Waals surface area contributed by atoms with Crippen LogP contribution < -0.4 is 5.32 Å². The minimum Gasteiger partial charge on any atom is -0.347 e. The minimum absolute atomic E-state index is 0.118. The molecular weight excluding hydrogens is 326 g/mol. The maximum Gasteiger partial charge on any atom is 0.251 e. The normalized spacial score (nSPS) is 16.8. The summed E-state index contributed by atoms with van der Waals surface area (Å²) in [7, 11) is 0. The summed E-state index contributed by atoms with van der Waals surface area (Å²) in [5.74, 6) is -0.0204. The Hall–Kier alpha value is -2.69. The highest BCUT2D eigenvalue weighted by atomic mass is 16.2. The van der Waals surface area contributed by atoms with Crippen LogP contribution in [0.5, 0.6) is 0 Å². The summed E-state index contributed by atoms with van der Waals surface area (Å²) < 4.78 is 0. The molecule has 1 saturated heterocycles. The van der Waals surface area contributed by atoms with Crippen molar-refractivity contribution in [3.63, 3.8) is 0 Å². The predicted octanol–water partition coefficient (Wildman–Crippen LogP) is 3.11. The Kier molecular flexibility index (Phi) is 5.35. The number of aryl methyl sites for hydroxylation is 2. The van der Waals surface area contributed by atoms with Crippen molar-refractivity contribution in [1.29, 1.82) is 0 Å². The molecule has 1 aromatic carbocycles. The first-order chi connectivity index (χ1) is 12.5. The third kappa shape index (κ3) is 3.93. The lowest BCUT2D eigenvalue weighted by Gasteiger charge is -2.16. The third-order valence-electron chi connectivity index (χ3n) is 4.70.